The van der Waals surface area contributed by atoms with Gasteiger partial charge >= 0.3 is 0 Å². The van der Waals surface area contributed by atoms with Crippen LogP contribution in [-0.4, -0.2) is 52.1 Å². The molecule has 16 heavy (non-hydrogen) atoms. The van der Waals surface area contributed by atoms with Gasteiger partial charge in [-0.1, -0.05) is 0 Å². The summed E-state index contributed by atoms with van der Waals surface area (Å²) in [5.41, 5.74) is 0. The second-order valence-electron chi connectivity index (χ2n) is 4.45. The zero-order valence-electron chi connectivity index (χ0n) is 9.52. The van der Waals surface area contributed by atoms with E-state index in [2.05, 4.69) is 32.0 Å². The van der Waals surface area contributed by atoms with Crippen LogP contribution in [-0.2, 0) is 12.3 Å². The van der Waals surface area contributed by atoms with Crippen molar-refractivity contribution in [2.24, 2.45) is 0 Å². The van der Waals surface area contributed by atoms with Crippen LogP contribution in [0.25, 0.3) is 0 Å². The van der Waals surface area contributed by atoms with Crippen molar-refractivity contribution >= 4 is 11.8 Å². The average Bonchev–Trinajstić information content (AvgIpc) is 2.72. The average molecular weight is 239 g/mol. The van der Waals surface area contributed by atoms with E-state index in [1.807, 2.05) is 11.8 Å². The first-order valence-electron chi connectivity index (χ1n) is 5.76. The van der Waals surface area contributed by atoms with Crippen molar-refractivity contribution in [3.8, 4) is 0 Å². The molecule has 0 aromatic carbocycles. The summed E-state index contributed by atoms with van der Waals surface area (Å²) in [6.07, 6.45) is 0. The van der Waals surface area contributed by atoms with Crippen molar-refractivity contribution in [3.63, 3.8) is 0 Å². The molecule has 0 bridgehead atoms. The van der Waals surface area contributed by atoms with Crippen LogP contribution >= 0.6 is 11.8 Å². The van der Waals surface area contributed by atoms with Crippen LogP contribution < -0.4 is 5.32 Å². The van der Waals surface area contributed by atoms with Gasteiger partial charge in [0.05, 0.1) is 11.8 Å². The molecule has 1 aromatic rings. The summed E-state index contributed by atoms with van der Waals surface area (Å²) in [4.78, 5) is 2.35. The van der Waals surface area contributed by atoms with Crippen molar-refractivity contribution < 1.29 is 0 Å². The normalized spacial score (nSPS) is 26.7. The molecule has 0 aliphatic carbocycles. The summed E-state index contributed by atoms with van der Waals surface area (Å²) in [7, 11) is 2.16. The standard InChI is InChI=1S/C10H17N5S/c1-14-3-2-11-8(6-14)10-13-12-9-7-16-5-4-15(9)10/h8,11H,2-7H2,1H3. The Bertz CT molecular complexity index is 377. The first kappa shape index (κ1) is 10.6. The summed E-state index contributed by atoms with van der Waals surface area (Å²) in [6, 6.07) is 0.350. The van der Waals surface area contributed by atoms with Crippen LogP contribution in [0.5, 0.6) is 0 Å². The molecule has 1 N–H and O–H groups in total. The van der Waals surface area contributed by atoms with E-state index in [0.29, 0.717) is 6.04 Å². The van der Waals surface area contributed by atoms with Crippen LogP contribution in [0.15, 0.2) is 0 Å². The molecular formula is C10H17N5S. The van der Waals surface area contributed by atoms with Crippen molar-refractivity contribution in [2.45, 2.75) is 18.3 Å². The third kappa shape index (κ3) is 1.85. The second kappa shape index (κ2) is 4.35. The van der Waals surface area contributed by atoms with Gasteiger partial charge in [-0.25, -0.2) is 0 Å². The molecule has 0 saturated carbocycles. The zero-order valence-corrected chi connectivity index (χ0v) is 10.3. The van der Waals surface area contributed by atoms with E-state index >= 15 is 0 Å². The lowest BCUT2D eigenvalue weighted by Gasteiger charge is -2.30. The summed E-state index contributed by atoms with van der Waals surface area (Å²) >= 11 is 1.94. The molecule has 1 aromatic heterocycles. The van der Waals surface area contributed by atoms with E-state index in [9.17, 15) is 0 Å². The van der Waals surface area contributed by atoms with Gasteiger partial charge in [-0.05, 0) is 7.05 Å². The Morgan fingerprint density at radius 2 is 2.31 bits per heavy atom. The molecule has 1 atom stereocenters. The molecule has 6 heteroatoms. The molecule has 1 fully saturated rings. The van der Waals surface area contributed by atoms with Crippen molar-refractivity contribution in [3.05, 3.63) is 11.6 Å². The number of aromatic nitrogens is 3. The highest BCUT2D eigenvalue weighted by atomic mass is 32.2. The quantitative estimate of drug-likeness (QED) is 0.753. The van der Waals surface area contributed by atoms with E-state index in [1.54, 1.807) is 0 Å². The number of piperazine rings is 1. The van der Waals surface area contributed by atoms with Crippen molar-refractivity contribution in [2.75, 3.05) is 32.4 Å². The number of nitrogens with one attached hydrogen (secondary N) is 1. The number of rotatable bonds is 1. The Labute approximate surface area is 99.6 Å². The molecule has 0 amide bonds. The van der Waals surface area contributed by atoms with E-state index in [0.717, 1.165) is 43.6 Å². The molecule has 0 radical (unpaired) electrons. The molecular weight excluding hydrogens is 222 g/mol. The fraction of sp³-hybridized carbons (Fsp3) is 0.800. The van der Waals surface area contributed by atoms with Gasteiger partial charge in [0.15, 0.2) is 5.82 Å². The van der Waals surface area contributed by atoms with Crippen LogP contribution in [0.2, 0.25) is 0 Å². The number of nitrogens with zero attached hydrogens (tertiary/aromatic N) is 4. The fourth-order valence-electron chi connectivity index (χ4n) is 2.35. The number of hydrogen-bond acceptors (Lipinski definition) is 5. The minimum Gasteiger partial charge on any atom is -0.312 e. The molecule has 88 valence electrons. The highest BCUT2D eigenvalue weighted by Crippen LogP contribution is 2.22. The Hall–Kier alpha value is -0.590. The Morgan fingerprint density at radius 1 is 1.38 bits per heavy atom. The maximum Gasteiger partial charge on any atom is 0.151 e. The fourth-order valence-corrected chi connectivity index (χ4v) is 3.20. The number of likely N-dealkylation sites (N-methyl/N-ethyl adjacent to an activating group) is 1. The van der Waals surface area contributed by atoms with Crippen molar-refractivity contribution in [1.29, 1.82) is 0 Å². The van der Waals surface area contributed by atoms with Gasteiger partial charge in [0.1, 0.15) is 5.82 Å². The molecule has 1 unspecified atom stereocenters. The molecule has 1 saturated heterocycles. The van der Waals surface area contributed by atoms with E-state index in [4.69, 9.17) is 0 Å². The monoisotopic (exact) mass is 239 g/mol. The van der Waals surface area contributed by atoms with Crippen LogP contribution in [0.1, 0.15) is 17.7 Å². The van der Waals surface area contributed by atoms with Crippen LogP contribution in [0.4, 0.5) is 0 Å². The predicted octanol–water partition coefficient (Wildman–Crippen LogP) is 0.101. The van der Waals surface area contributed by atoms with Gasteiger partial charge in [0.2, 0.25) is 0 Å². The van der Waals surface area contributed by atoms with Crippen molar-refractivity contribution in [1.82, 2.24) is 25.0 Å². The maximum atomic E-state index is 4.37. The second-order valence-corrected chi connectivity index (χ2v) is 5.55. The minimum atomic E-state index is 0.350. The minimum absolute atomic E-state index is 0.350. The molecule has 5 nitrogen and oxygen atoms in total. The van der Waals surface area contributed by atoms with Gasteiger partial charge in [-0.3, -0.25) is 0 Å². The van der Waals surface area contributed by atoms with Gasteiger partial charge in [0, 0.05) is 31.9 Å². The van der Waals surface area contributed by atoms with Gasteiger partial charge < -0.3 is 14.8 Å². The summed E-state index contributed by atoms with van der Waals surface area (Å²) in [5, 5.41) is 12.2. The number of hydrogen-bond donors (Lipinski definition) is 1. The molecule has 3 heterocycles. The largest absolute Gasteiger partial charge is 0.312 e. The lowest BCUT2D eigenvalue weighted by Crippen LogP contribution is -2.44. The van der Waals surface area contributed by atoms with Crippen LogP contribution in [0.3, 0.4) is 0 Å². The molecule has 2 aliphatic heterocycles. The molecule has 2 aliphatic rings. The third-order valence-electron chi connectivity index (χ3n) is 3.24. The van der Waals surface area contributed by atoms with E-state index in [-0.39, 0.29) is 0 Å². The summed E-state index contributed by atoms with van der Waals surface area (Å²) < 4.78 is 2.30. The smallest absolute Gasteiger partial charge is 0.151 e. The topological polar surface area (TPSA) is 46.0 Å². The van der Waals surface area contributed by atoms with E-state index in [1.165, 1.54) is 5.75 Å². The first-order valence-corrected chi connectivity index (χ1v) is 6.92. The molecule has 3 rings (SSSR count). The van der Waals surface area contributed by atoms with E-state index < -0.39 is 0 Å². The highest BCUT2D eigenvalue weighted by Gasteiger charge is 2.25. The first-order chi connectivity index (χ1) is 7.84. The maximum absolute atomic E-state index is 4.37. The third-order valence-corrected chi connectivity index (χ3v) is 4.17. The summed E-state index contributed by atoms with van der Waals surface area (Å²) in [5.74, 6) is 4.46. The Kier molecular flexibility index (Phi) is 2.87. The van der Waals surface area contributed by atoms with Gasteiger partial charge in [-0.2, -0.15) is 11.8 Å². The predicted molar refractivity (Wildman–Crippen MR) is 64.4 cm³/mol. The number of fused-ring (bicyclic) bond motifs is 1. The molecule has 0 spiro atoms. The van der Waals surface area contributed by atoms with Gasteiger partial charge in [0.25, 0.3) is 0 Å². The Balaban J connectivity index is 1.85. The zero-order chi connectivity index (χ0) is 11.0. The lowest BCUT2D eigenvalue weighted by molar-refractivity contribution is 0.232. The lowest BCUT2D eigenvalue weighted by atomic mass is 10.2. The Morgan fingerprint density at radius 3 is 3.19 bits per heavy atom. The number of thioether (sulfide) groups is 1. The summed E-state index contributed by atoms with van der Waals surface area (Å²) in [6.45, 7) is 4.25. The van der Waals surface area contributed by atoms with Gasteiger partial charge in [-0.15, -0.1) is 10.2 Å². The van der Waals surface area contributed by atoms with Crippen LogP contribution in [0, 0.1) is 0 Å². The SMILES string of the molecule is CN1CCNC(c2nnc3n2CCSC3)C1. The highest BCUT2D eigenvalue weighted by molar-refractivity contribution is 7.98.